The Bertz CT molecular complexity index is 775. The number of rotatable bonds is 5. The van der Waals surface area contributed by atoms with Crippen molar-refractivity contribution >= 4 is 47.4 Å². The number of nitrogens with zero attached hydrogens (tertiary/aromatic N) is 4. The molecule has 0 bridgehead atoms. The van der Waals surface area contributed by atoms with Crippen LogP contribution in [0.15, 0.2) is 41.7 Å². The van der Waals surface area contributed by atoms with Crippen LogP contribution in [-0.4, -0.2) is 49.2 Å². The average Bonchev–Trinajstić information content (AvgIpc) is 3.14. The number of halogens is 2. The van der Waals surface area contributed by atoms with E-state index in [1.807, 2.05) is 24.3 Å². The van der Waals surface area contributed by atoms with E-state index in [-0.39, 0.29) is 30.0 Å². The minimum atomic E-state index is 0. The number of hydrogen-bond acceptors (Lipinski definition) is 5. The van der Waals surface area contributed by atoms with Crippen molar-refractivity contribution in [3.05, 3.63) is 47.2 Å². The highest BCUT2D eigenvalue weighted by Gasteiger charge is 2.25. The third-order valence-corrected chi connectivity index (χ3v) is 4.55. The van der Waals surface area contributed by atoms with Crippen LogP contribution >= 0.6 is 35.6 Å². The summed E-state index contributed by atoms with van der Waals surface area (Å²) in [7, 11) is 3.38. The maximum atomic E-state index is 6.25. The molecule has 0 amide bonds. The van der Waals surface area contributed by atoms with Gasteiger partial charge in [-0.3, -0.25) is 4.99 Å². The monoisotopic (exact) mass is 502 g/mol. The Morgan fingerprint density at radius 3 is 2.96 bits per heavy atom. The zero-order valence-corrected chi connectivity index (χ0v) is 18.4. The lowest BCUT2D eigenvalue weighted by atomic mass is 10.2. The number of aromatic nitrogens is 2. The number of pyridine rings is 2. The number of ether oxygens (including phenoxy) is 1. The summed E-state index contributed by atoms with van der Waals surface area (Å²) < 4.78 is 5.15. The second-order valence-corrected chi connectivity index (χ2v) is 6.42. The van der Waals surface area contributed by atoms with Gasteiger partial charge < -0.3 is 20.3 Å². The molecule has 9 heteroatoms. The molecule has 0 saturated carbocycles. The first-order valence-electron chi connectivity index (χ1n) is 8.51. The summed E-state index contributed by atoms with van der Waals surface area (Å²) in [6.07, 6.45) is 4.50. The molecule has 3 heterocycles. The topological polar surface area (TPSA) is 74.7 Å². The van der Waals surface area contributed by atoms with Gasteiger partial charge in [-0.05, 0) is 30.2 Å². The summed E-state index contributed by atoms with van der Waals surface area (Å²) in [6, 6.07) is 7.85. The maximum Gasteiger partial charge on any atom is 0.213 e. The number of guanidine groups is 1. The molecule has 0 spiro atoms. The first-order chi connectivity index (χ1) is 12.7. The van der Waals surface area contributed by atoms with Crippen molar-refractivity contribution in [3.8, 4) is 5.88 Å². The normalized spacial score (nSPS) is 16.6. The SMILES string of the molecule is CN=C(NCc1ccnc(OC)c1)NC1CCN(c2ncccc2Cl)C1.I. The Labute approximate surface area is 181 Å². The molecule has 1 aliphatic rings. The molecule has 0 aromatic carbocycles. The van der Waals surface area contributed by atoms with Crippen LogP contribution in [0.1, 0.15) is 12.0 Å². The van der Waals surface area contributed by atoms with Gasteiger partial charge in [-0.2, -0.15) is 0 Å². The largest absolute Gasteiger partial charge is 0.481 e. The summed E-state index contributed by atoms with van der Waals surface area (Å²) in [6.45, 7) is 2.38. The summed E-state index contributed by atoms with van der Waals surface area (Å²) in [4.78, 5) is 15.0. The van der Waals surface area contributed by atoms with Gasteiger partial charge in [0.1, 0.15) is 5.82 Å². The molecule has 27 heavy (non-hydrogen) atoms. The molecule has 2 aromatic rings. The summed E-state index contributed by atoms with van der Waals surface area (Å²) in [5.74, 6) is 2.20. The second-order valence-electron chi connectivity index (χ2n) is 6.02. The minimum Gasteiger partial charge on any atom is -0.481 e. The predicted molar refractivity (Wildman–Crippen MR) is 119 cm³/mol. The van der Waals surface area contributed by atoms with Gasteiger partial charge in [-0.25, -0.2) is 9.97 Å². The zero-order valence-electron chi connectivity index (χ0n) is 15.4. The first kappa shape index (κ1) is 21.5. The third kappa shape index (κ3) is 5.83. The van der Waals surface area contributed by atoms with E-state index in [4.69, 9.17) is 16.3 Å². The van der Waals surface area contributed by atoms with E-state index in [2.05, 4.69) is 30.5 Å². The highest BCUT2D eigenvalue weighted by atomic mass is 127. The first-order valence-corrected chi connectivity index (χ1v) is 8.89. The fourth-order valence-electron chi connectivity index (χ4n) is 2.93. The molecular formula is C18H24ClIN6O. The lowest BCUT2D eigenvalue weighted by molar-refractivity contribution is 0.397. The number of aliphatic imine (C=N–C) groups is 1. The van der Waals surface area contributed by atoms with E-state index in [1.165, 1.54) is 0 Å². The molecular weight excluding hydrogens is 479 g/mol. The Hall–Kier alpha value is -1.81. The number of nitrogens with one attached hydrogen (secondary N) is 2. The molecule has 1 aliphatic heterocycles. The van der Waals surface area contributed by atoms with Gasteiger partial charge in [-0.15, -0.1) is 24.0 Å². The van der Waals surface area contributed by atoms with Crippen LogP contribution in [0.5, 0.6) is 5.88 Å². The quantitative estimate of drug-likeness (QED) is 0.372. The highest BCUT2D eigenvalue weighted by Crippen LogP contribution is 2.25. The van der Waals surface area contributed by atoms with Gasteiger partial charge in [0.25, 0.3) is 0 Å². The number of methoxy groups -OCH3 is 1. The summed E-state index contributed by atoms with van der Waals surface area (Å²) in [5, 5.41) is 7.47. The van der Waals surface area contributed by atoms with Crippen molar-refractivity contribution in [1.82, 2.24) is 20.6 Å². The van der Waals surface area contributed by atoms with Gasteiger partial charge in [0.15, 0.2) is 5.96 Å². The lowest BCUT2D eigenvalue weighted by Crippen LogP contribution is -2.44. The maximum absolute atomic E-state index is 6.25. The van der Waals surface area contributed by atoms with Crippen molar-refractivity contribution in [2.45, 2.75) is 19.0 Å². The van der Waals surface area contributed by atoms with Crippen molar-refractivity contribution in [2.75, 3.05) is 32.1 Å². The smallest absolute Gasteiger partial charge is 0.213 e. The van der Waals surface area contributed by atoms with Crippen LogP contribution < -0.4 is 20.3 Å². The van der Waals surface area contributed by atoms with Crippen LogP contribution in [0.3, 0.4) is 0 Å². The third-order valence-electron chi connectivity index (χ3n) is 4.26. The summed E-state index contributed by atoms with van der Waals surface area (Å²) in [5.41, 5.74) is 1.08. The molecule has 1 unspecified atom stereocenters. The second kappa shape index (κ2) is 10.5. The van der Waals surface area contributed by atoms with E-state index >= 15 is 0 Å². The fourth-order valence-corrected chi connectivity index (χ4v) is 3.17. The van der Waals surface area contributed by atoms with Crippen LogP contribution in [-0.2, 0) is 6.54 Å². The van der Waals surface area contributed by atoms with Crippen LogP contribution in [0.4, 0.5) is 5.82 Å². The van der Waals surface area contributed by atoms with Crippen molar-refractivity contribution < 1.29 is 4.74 Å². The molecule has 3 rings (SSSR count). The average molecular weight is 503 g/mol. The predicted octanol–water partition coefficient (Wildman–Crippen LogP) is 2.70. The molecule has 2 aromatic heterocycles. The Kier molecular flexibility index (Phi) is 8.36. The van der Waals surface area contributed by atoms with Crippen LogP contribution in [0, 0.1) is 0 Å². The van der Waals surface area contributed by atoms with Gasteiger partial charge in [-0.1, -0.05) is 11.6 Å². The van der Waals surface area contributed by atoms with E-state index < -0.39 is 0 Å². The highest BCUT2D eigenvalue weighted by molar-refractivity contribution is 14.0. The molecule has 146 valence electrons. The Morgan fingerprint density at radius 1 is 1.37 bits per heavy atom. The van der Waals surface area contributed by atoms with Crippen molar-refractivity contribution in [1.29, 1.82) is 0 Å². The lowest BCUT2D eigenvalue weighted by Gasteiger charge is -2.20. The van der Waals surface area contributed by atoms with Gasteiger partial charge in [0, 0.05) is 51.2 Å². The van der Waals surface area contributed by atoms with Crippen LogP contribution in [0.2, 0.25) is 5.02 Å². The van der Waals surface area contributed by atoms with E-state index in [1.54, 1.807) is 26.6 Å². The number of anilines is 1. The number of hydrogen-bond donors (Lipinski definition) is 2. The van der Waals surface area contributed by atoms with E-state index in [0.29, 0.717) is 17.4 Å². The Morgan fingerprint density at radius 2 is 2.22 bits per heavy atom. The van der Waals surface area contributed by atoms with Gasteiger partial charge >= 0.3 is 0 Å². The fraction of sp³-hybridized carbons (Fsp3) is 0.389. The standard InChI is InChI=1S/C18H23ClN6O.HI/c1-20-18(23-11-13-5-8-21-16(10-13)26-2)24-14-6-9-25(12-14)17-15(19)4-3-7-22-17;/h3-5,7-8,10,14H,6,9,11-12H2,1-2H3,(H2,20,23,24);1H. The summed E-state index contributed by atoms with van der Waals surface area (Å²) >= 11 is 6.25. The Balaban J connectivity index is 0.00000261. The molecule has 1 fully saturated rings. The molecule has 2 N–H and O–H groups in total. The van der Waals surface area contributed by atoms with Gasteiger partial charge in [0.2, 0.25) is 5.88 Å². The molecule has 1 saturated heterocycles. The molecule has 1 atom stereocenters. The van der Waals surface area contributed by atoms with Crippen LogP contribution in [0.25, 0.3) is 0 Å². The minimum absolute atomic E-state index is 0. The molecule has 0 radical (unpaired) electrons. The van der Waals surface area contributed by atoms with E-state index in [9.17, 15) is 0 Å². The molecule has 7 nitrogen and oxygen atoms in total. The van der Waals surface area contributed by atoms with Gasteiger partial charge in [0.05, 0.1) is 12.1 Å². The molecule has 0 aliphatic carbocycles. The van der Waals surface area contributed by atoms with Crippen molar-refractivity contribution in [3.63, 3.8) is 0 Å². The van der Waals surface area contributed by atoms with Crippen molar-refractivity contribution in [2.24, 2.45) is 4.99 Å². The van der Waals surface area contributed by atoms with E-state index in [0.717, 1.165) is 36.9 Å². The zero-order chi connectivity index (χ0) is 18.4.